The molecule has 0 aliphatic carbocycles. The first-order valence-corrected chi connectivity index (χ1v) is 6.37. The molecule has 0 amide bonds. The Morgan fingerprint density at radius 1 is 1.11 bits per heavy atom. The van der Waals surface area contributed by atoms with Crippen LogP contribution in [0.15, 0.2) is 42.5 Å². The third-order valence-electron chi connectivity index (χ3n) is 2.97. The van der Waals surface area contributed by atoms with E-state index < -0.39 is 5.82 Å². The van der Waals surface area contributed by atoms with Crippen LogP contribution in [0, 0.1) is 11.6 Å². The summed E-state index contributed by atoms with van der Waals surface area (Å²) in [7, 11) is 0. The number of nitrogens with one attached hydrogen (secondary N) is 1. The van der Waals surface area contributed by atoms with Gasteiger partial charge >= 0.3 is 0 Å². The predicted octanol–water partition coefficient (Wildman–Crippen LogP) is 4.47. The van der Waals surface area contributed by atoms with Gasteiger partial charge in [-0.1, -0.05) is 29.8 Å². The Labute approximate surface area is 116 Å². The summed E-state index contributed by atoms with van der Waals surface area (Å²) in [5.41, 5.74) is 1.80. The van der Waals surface area contributed by atoms with Crippen LogP contribution in [0.2, 0.25) is 5.02 Å². The maximum atomic E-state index is 13.3. The first kappa shape index (κ1) is 14.0. The molecule has 0 spiro atoms. The van der Waals surface area contributed by atoms with Gasteiger partial charge in [0.05, 0.1) is 5.02 Å². The molecule has 0 heterocycles. The molecule has 4 heteroatoms. The van der Waals surface area contributed by atoms with E-state index in [9.17, 15) is 8.78 Å². The SMILES string of the molecule is CC(NCc1ccc(F)cc1)c1ccc(Cl)c(F)c1. The second-order valence-corrected chi connectivity index (χ2v) is 4.81. The van der Waals surface area contributed by atoms with Gasteiger partial charge in [0.2, 0.25) is 0 Å². The molecule has 0 saturated heterocycles. The molecule has 19 heavy (non-hydrogen) atoms. The maximum absolute atomic E-state index is 13.3. The summed E-state index contributed by atoms with van der Waals surface area (Å²) in [6, 6.07) is 11.0. The molecule has 1 nitrogen and oxygen atoms in total. The molecular weight excluding hydrogens is 268 g/mol. The Bertz CT molecular complexity index is 555. The lowest BCUT2D eigenvalue weighted by Gasteiger charge is -2.14. The quantitative estimate of drug-likeness (QED) is 0.872. The van der Waals surface area contributed by atoms with Crippen LogP contribution < -0.4 is 5.32 Å². The van der Waals surface area contributed by atoms with Crippen LogP contribution in [0.25, 0.3) is 0 Å². The van der Waals surface area contributed by atoms with Gasteiger partial charge in [-0.15, -0.1) is 0 Å². The van der Waals surface area contributed by atoms with Gasteiger partial charge in [0.25, 0.3) is 0 Å². The van der Waals surface area contributed by atoms with E-state index in [1.54, 1.807) is 24.3 Å². The molecule has 0 aliphatic heterocycles. The van der Waals surface area contributed by atoms with Crippen molar-refractivity contribution in [1.29, 1.82) is 0 Å². The van der Waals surface area contributed by atoms with Gasteiger partial charge in [-0.2, -0.15) is 0 Å². The largest absolute Gasteiger partial charge is 0.306 e. The highest BCUT2D eigenvalue weighted by Crippen LogP contribution is 2.20. The smallest absolute Gasteiger partial charge is 0.142 e. The summed E-state index contributed by atoms with van der Waals surface area (Å²) < 4.78 is 26.1. The van der Waals surface area contributed by atoms with Crippen LogP contribution in [0.5, 0.6) is 0 Å². The fourth-order valence-electron chi connectivity index (χ4n) is 1.77. The number of benzene rings is 2. The van der Waals surface area contributed by atoms with Crippen molar-refractivity contribution in [1.82, 2.24) is 5.32 Å². The second-order valence-electron chi connectivity index (χ2n) is 4.40. The average Bonchev–Trinajstić information content (AvgIpc) is 2.41. The molecule has 0 aromatic heterocycles. The minimum atomic E-state index is -0.422. The zero-order valence-corrected chi connectivity index (χ0v) is 11.2. The average molecular weight is 282 g/mol. The van der Waals surface area contributed by atoms with Crippen molar-refractivity contribution in [3.63, 3.8) is 0 Å². The van der Waals surface area contributed by atoms with Gasteiger partial charge < -0.3 is 5.32 Å². The van der Waals surface area contributed by atoms with E-state index in [4.69, 9.17) is 11.6 Å². The van der Waals surface area contributed by atoms with Crippen molar-refractivity contribution < 1.29 is 8.78 Å². The second kappa shape index (κ2) is 6.13. The standard InChI is InChI=1S/C15H14ClF2N/c1-10(12-4-7-14(16)15(18)8-12)19-9-11-2-5-13(17)6-3-11/h2-8,10,19H,9H2,1H3. The molecule has 0 fully saturated rings. The monoisotopic (exact) mass is 281 g/mol. The topological polar surface area (TPSA) is 12.0 Å². The minimum Gasteiger partial charge on any atom is -0.306 e. The number of halogens is 3. The summed E-state index contributed by atoms with van der Waals surface area (Å²) in [5.74, 6) is -0.675. The summed E-state index contributed by atoms with van der Waals surface area (Å²) >= 11 is 5.64. The number of hydrogen-bond donors (Lipinski definition) is 1. The Hall–Kier alpha value is -1.45. The number of rotatable bonds is 4. The molecule has 1 unspecified atom stereocenters. The molecular formula is C15H14ClF2N. The summed E-state index contributed by atoms with van der Waals surface area (Å²) in [5, 5.41) is 3.37. The first-order chi connectivity index (χ1) is 9.06. The molecule has 0 bridgehead atoms. The highest BCUT2D eigenvalue weighted by Gasteiger charge is 2.08. The van der Waals surface area contributed by atoms with E-state index >= 15 is 0 Å². The minimum absolute atomic E-state index is 0.0168. The van der Waals surface area contributed by atoms with E-state index in [1.165, 1.54) is 18.2 Å². The van der Waals surface area contributed by atoms with Gasteiger partial charge in [0, 0.05) is 12.6 Å². The van der Waals surface area contributed by atoms with E-state index in [1.807, 2.05) is 6.92 Å². The zero-order chi connectivity index (χ0) is 13.8. The molecule has 1 atom stereocenters. The molecule has 2 aromatic rings. The van der Waals surface area contributed by atoms with Crippen LogP contribution in [-0.2, 0) is 6.54 Å². The third-order valence-corrected chi connectivity index (χ3v) is 3.28. The van der Waals surface area contributed by atoms with E-state index in [0.717, 1.165) is 11.1 Å². The van der Waals surface area contributed by atoms with Crippen LogP contribution in [0.4, 0.5) is 8.78 Å². The van der Waals surface area contributed by atoms with Crippen molar-refractivity contribution in [2.24, 2.45) is 0 Å². The van der Waals surface area contributed by atoms with Gasteiger partial charge in [-0.3, -0.25) is 0 Å². The highest BCUT2D eigenvalue weighted by atomic mass is 35.5. The Kier molecular flexibility index (Phi) is 4.51. The van der Waals surface area contributed by atoms with Crippen LogP contribution in [0.1, 0.15) is 24.1 Å². The zero-order valence-electron chi connectivity index (χ0n) is 10.5. The van der Waals surface area contributed by atoms with E-state index in [2.05, 4.69) is 5.32 Å². The van der Waals surface area contributed by atoms with Crippen molar-refractivity contribution in [2.45, 2.75) is 19.5 Å². The third kappa shape index (κ3) is 3.75. The van der Waals surface area contributed by atoms with Crippen molar-refractivity contribution in [2.75, 3.05) is 0 Å². The Morgan fingerprint density at radius 3 is 2.42 bits per heavy atom. The van der Waals surface area contributed by atoms with Gasteiger partial charge in [0.1, 0.15) is 11.6 Å². The molecule has 2 rings (SSSR count). The summed E-state index contributed by atoms with van der Waals surface area (Å²) in [6.07, 6.45) is 0. The molecule has 0 aliphatic rings. The summed E-state index contributed by atoms with van der Waals surface area (Å²) in [6.45, 7) is 2.53. The molecule has 1 N–H and O–H groups in total. The number of hydrogen-bond acceptors (Lipinski definition) is 1. The van der Waals surface area contributed by atoms with Gasteiger partial charge in [0.15, 0.2) is 0 Å². The fourth-order valence-corrected chi connectivity index (χ4v) is 1.89. The van der Waals surface area contributed by atoms with Crippen LogP contribution >= 0.6 is 11.6 Å². The molecule has 0 radical (unpaired) electrons. The Morgan fingerprint density at radius 2 is 1.79 bits per heavy atom. The Balaban J connectivity index is 1.98. The van der Waals surface area contributed by atoms with E-state index in [0.29, 0.717) is 6.54 Å². The van der Waals surface area contributed by atoms with Crippen molar-refractivity contribution >= 4 is 11.6 Å². The van der Waals surface area contributed by atoms with Gasteiger partial charge in [-0.05, 0) is 42.3 Å². The van der Waals surface area contributed by atoms with E-state index in [-0.39, 0.29) is 16.9 Å². The lowest BCUT2D eigenvalue weighted by atomic mass is 10.1. The first-order valence-electron chi connectivity index (χ1n) is 5.99. The van der Waals surface area contributed by atoms with Crippen molar-refractivity contribution in [3.05, 3.63) is 70.2 Å². The van der Waals surface area contributed by atoms with Crippen LogP contribution in [-0.4, -0.2) is 0 Å². The molecule has 100 valence electrons. The lowest BCUT2D eigenvalue weighted by Crippen LogP contribution is -2.18. The molecule has 2 aromatic carbocycles. The summed E-state index contributed by atoms with van der Waals surface area (Å²) in [4.78, 5) is 0. The normalized spacial score (nSPS) is 12.4. The maximum Gasteiger partial charge on any atom is 0.142 e. The highest BCUT2D eigenvalue weighted by molar-refractivity contribution is 6.30. The molecule has 0 saturated carbocycles. The van der Waals surface area contributed by atoms with Crippen LogP contribution in [0.3, 0.4) is 0 Å². The van der Waals surface area contributed by atoms with Crippen molar-refractivity contribution in [3.8, 4) is 0 Å². The fraction of sp³-hybridized carbons (Fsp3) is 0.200. The predicted molar refractivity (Wildman–Crippen MR) is 73.1 cm³/mol. The van der Waals surface area contributed by atoms with Gasteiger partial charge in [-0.25, -0.2) is 8.78 Å². The lowest BCUT2D eigenvalue weighted by molar-refractivity contribution is 0.564.